The lowest BCUT2D eigenvalue weighted by molar-refractivity contribution is -0.140. The Kier molecular flexibility index (Phi) is 5.71. The van der Waals surface area contributed by atoms with Gasteiger partial charge >= 0.3 is 6.18 Å². The van der Waals surface area contributed by atoms with Gasteiger partial charge in [-0.3, -0.25) is 14.5 Å². The molecule has 0 spiro atoms. The second kappa shape index (κ2) is 8.41. The van der Waals surface area contributed by atoms with E-state index in [-0.39, 0.29) is 34.9 Å². The van der Waals surface area contributed by atoms with E-state index in [0.29, 0.717) is 24.5 Å². The molecule has 1 aromatic carbocycles. The molecule has 192 valence electrons. The number of aliphatic hydroxyl groups is 1. The maximum absolute atomic E-state index is 14.8. The first-order valence-electron chi connectivity index (χ1n) is 11.6. The van der Waals surface area contributed by atoms with E-state index in [9.17, 15) is 32.3 Å². The number of aliphatic hydroxyl groups excluding tert-OH is 1. The zero-order valence-electron chi connectivity index (χ0n) is 19.6. The maximum atomic E-state index is 14.8. The van der Waals surface area contributed by atoms with Gasteiger partial charge in [0.05, 0.1) is 29.1 Å². The first kappa shape index (κ1) is 24.4. The molecule has 3 heterocycles. The van der Waals surface area contributed by atoms with Gasteiger partial charge in [0.1, 0.15) is 5.82 Å². The van der Waals surface area contributed by atoms with Crippen molar-refractivity contribution in [2.24, 2.45) is 13.0 Å². The predicted octanol–water partition coefficient (Wildman–Crippen LogP) is 2.45. The van der Waals surface area contributed by atoms with Crippen LogP contribution in [0.5, 0.6) is 0 Å². The van der Waals surface area contributed by atoms with Gasteiger partial charge in [-0.15, -0.1) is 0 Å². The van der Waals surface area contributed by atoms with Gasteiger partial charge in [0.25, 0.3) is 11.1 Å². The molecule has 2 aliphatic rings. The van der Waals surface area contributed by atoms with Crippen molar-refractivity contribution in [3.8, 4) is 0 Å². The minimum atomic E-state index is -4.84. The summed E-state index contributed by atoms with van der Waals surface area (Å²) in [4.78, 5) is 27.9. The van der Waals surface area contributed by atoms with Gasteiger partial charge in [-0.2, -0.15) is 18.3 Å². The topological polar surface area (TPSA) is 92.4 Å². The first-order chi connectivity index (χ1) is 17.0. The highest BCUT2D eigenvalue weighted by Gasteiger charge is 2.61. The Labute approximate surface area is 202 Å². The number of likely N-dealkylation sites (tertiary alicyclic amines) is 1. The van der Waals surface area contributed by atoms with Crippen molar-refractivity contribution in [1.29, 1.82) is 0 Å². The lowest BCUT2D eigenvalue weighted by Crippen LogP contribution is -2.37. The standard InChI is InChI=1S/C24H25F4N5O3/c1-13(15-4-3-5-18(20(15)25)24(26,27)28)29-21-17-11-33(19(35)8-16(17)22(36)31(2)30-21)23-9-14(23)10-32(12-23)6-7-34/h3-5,8,11,13-14,34H,6-7,9-10,12H2,1-2H3,(H,29,30)/t13-,14?,23?/m1/s1. The summed E-state index contributed by atoms with van der Waals surface area (Å²) in [6.45, 7) is 3.32. The van der Waals surface area contributed by atoms with Crippen LogP contribution in [-0.4, -0.2) is 50.6 Å². The smallest absolute Gasteiger partial charge is 0.395 e. The third-order valence-electron chi connectivity index (χ3n) is 7.31. The number of hydrogen-bond acceptors (Lipinski definition) is 6. The number of piperidine rings is 1. The molecule has 36 heavy (non-hydrogen) atoms. The van der Waals surface area contributed by atoms with Crippen LogP contribution in [-0.2, 0) is 18.8 Å². The fraction of sp³-hybridized carbons (Fsp3) is 0.458. The molecular formula is C24H25F4N5O3. The number of aryl methyl sites for hydroxylation is 1. The molecule has 1 aliphatic carbocycles. The lowest BCUT2D eigenvalue weighted by Gasteiger charge is -2.23. The van der Waals surface area contributed by atoms with Gasteiger partial charge in [-0.1, -0.05) is 12.1 Å². The van der Waals surface area contributed by atoms with E-state index in [4.69, 9.17) is 0 Å². The Morgan fingerprint density at radius 2 is 2.03 bits per heavy atom. The number of benzene rings is 1. The summed E-state index contributed by atoms with van der Waals surface area (Å²) in [6.07, 6.45) is -2.50. The molecule has 5 rings (SSSR count). The van der Waals surface area contributed by atoms with Gasteiger partial charge in [-0.05, 0) is 25.3 Å². The molecule has 1 aliphatic heterocycles. The molecular weight excluding hydrogens is 482 g/mol. The summed E-state index contributed by atoms with van der Waals surface area (Å²) >= 11 is 0. The number of nitrogens with one attached hydrogen (secondary N) is 1. The number of fused-ring (bicyclic) bond motifs is 2. The zero-order chi connectivity index (χ0) is 26.0. The molecule has 2 aromatic heterocycles. The van der Waals surface area contributed by atoms with Crippen molar-refractivity contribution in [1.82, 2.24) is 19.2 Å². The fourth-order valence-corrected chi connectivity index (χ4v) is 5.41. The molecule has 1 saturated carbocycles. The van der Waals surface area contributed by atoms with Crippen molar-refractivity contribution in [2.75, 3.05) is 31.6 Å². The van der Waals surface area contributed by atoms with Crippen LogP contribution in [0, 0.1) is 11.7 Å². The third kappa shape index (κ3) is 3.88. The molecule has 1 saturated heterocycles. The van der Waals surface area contributed by atoms with Crippen LogP contribution >= 0.6 is 0 Å². The van der Waals surface area contributed by atoms with Crippen LogP contribution in [0.2, 0.25) is 0 Å². The summed E-state index contributed by atoms with van der Waals surface area (Å²) in [5, 5.41) is 16.9. The van der Waals surface area contributed by atoms with E-state index >= 15 is 0 Å². The van der Waals surface area contributed by atoms with Gasteiger partial charge in [0.2, 0.25) is 0 Å². The summed E-state index contributed by atoms with van der Waals surface area (Å²) in [6, 6.07) is 3.38. The van der Waals surface area contributed by atoms with Crippen LogP contribution in [0.4, 0.5) is 23.4 Å². The molecule has 2 unspecified atom stereocenters. The quantitative estimate of drug-likeness (QED) is 0.498. The van der Waals surface area contributed by atoms with Crippen molar-refractivity contribution >= 4 is 16.6 Å². The van der Waals surface area contributed by atoms with Gasteiger partial charge in [0.15, 0.2) is 5.82 Å². The second-order valence-corrected chi connectivity index (χ2v) is 9.62. The Bertz CT molecular complexity index is 1470. The Morgan fingerprint density at radius 1 is 1.28 bits per heavy atom. The number of halogens is 4. The van der Waals surface area contributed by atoms with Crippen molar-refractivity contribution < 1.29 is 22.7 Å². The molecule has 0 bridgehead atoms. The minimum Gasteiger partial charge on any atom is -0.395 e. The number of hydrogen-bond donors (Lipinski definition) is 2. The van der Waals surface area contributed by atoms with E-state index in [0.717, 1.165) is 23.7 Å². The number of alkyl halides is 3. The molecule has 3 atom stereocenters. The third-order valence-corrected chi connectivity index (χ3v) is 7.31. The normalized spacial score (nSPS) is 22.6. The summed E-state index contributed by atoms with van der Waals surface area (Å²) in [7, 11) is 1.40. The zero-order valence-corrected chi connectivity index (χ0v) is 19.6. The first-order valence-corrected chi connectivity index (χ1v) is 11.6. The second-order valence-electron chi connectivity index (χ2n) is 9.62. The summed E-state index contributed by atoms with van der Waals surface area (Å²) in [5.74, 6) is -1.01. The molecule has 12 heteroatoms. The molecule has 8 nitrogen and oxygen atoms in total. The van der Waals surface area contributed by atoms with Crippen molar-refractivity contribution in [3.63, 3.8) is 0 Å². The number of β-amino-alcohol motifs (C(OH)–C–C–N with tert-alkyl or cyclic N) is 1. The highest BCUT2D eigenvalue weighted by molar-refractivity contribution is 5.90. The molecule has 2 fully saturated rings. The van der Waals surface area contributed by atoms with Crippen molar-refractivity contribution in [3.05, 3.63) is 68.1 Å². The predicted molar refractivity (Wildman–Crippen MR) is 124 cm³/mol. The van der Waals surface area contributed by atoms with Crippen LogP contribution in [0.15, 0.2) is 40.1 Å². The van der Waals surface area contributed by atoms with E-state index in [1.807, 2.05) is 0 Å². The summed E-state index contributed by atoms with van der Waals surface area (Å²) < 4.78 is 57.0. The largest absolute Gasteiger partial charge is 0.419 e. The number of rotatable bonds is 6. The molecule has 0 amide bonds. The molecule has 2 N–H and O–H groups in total. The highest BCUT2D eigenvalue weighted by Crippen LogP contribution is 2.55. The van der Waals surface area contributed by atoms with Crippen LogP contribution in [0.3, 0.4) is 0 Å². The van der Waals surface area contributed by atoms with E-state index < -0.39 is 34.7 Å². The Balaban J connectivity index is 1.57. The Morgan fingerprint density at radius 3 is 2.72 bits per heavy atom. The lowest BCUT2D eigenvalue weighted by atomic mass is 10.0. The minimum absolute atomic E-state index is 0.00738. The summed E-state index contributed by atoms with van der Waals surface area (Å²) in [5.41, 5.74) is -2.87. The molecule has 0 radical (unpaired) electrons. The van der Waals surface area contributed by atoms with Gasteiger partial charge < -0.3 is 15.0 Å². The average molecular weight is 507 g/mol. The van der Waals surface area contributed by atoms with Gasteiger partial charge in [0, 0.05) is 49.9 Å². The number of aromatic nitrogens is 3. The number of pyridine rings is 1. The van der Waals surface area contributed by atoms with E-state index in [1.165, 1.54) is 26.1 Å². The SMILES string of the molecule is C[C@@H](Nc1nn(C)c(=O)c2cc(=O)n(C34CC3CN(CCO)C4)cc12)c1cccc(C(F)(F)F)c1F. The average Bonchev–Trinajstić information content (AvgIpc) is 3.37. The molecule has 3 aromatic rings. The van der Waals surface area contributed by atoms with E-state index in [2.05, 4.69) is 15.3 Å². The highest BCUT2D eigenvalue weighted by atomic mass is 19.4. The van der Waals surface area contributed by atoms with Crippen LogP contribution in [0.1, 0.15) is 30.5 Å². The monoisotopic (exact) mass is 507 g/mol. The van der Waals surface area contributed by atoms with Crippen LogP contribution in [0.25, 0.3) is 10.8 Å². The van der Waals surface area contributed by atoms with E-state index in [1.54, 1.807) is 10.8 Å². The maximum Gasteiger partial charge on any atom is 0.419 e. The number of anilines is 1. The van der Waals surface area contributed by atoms with Crippen LogP contribution < -0.4 is 16.4 Å². The van der Waals surface area contributed by atoms with Crippen molar-refractivity contribution in [2.45, 2.75) is 31.1 Å². The fourth-order valence-electron chi connectivity index (χ4n) is 5.41. The Hall–Kier alpha value is -3.25. The van der Waals surface area contributed by atoms with Gasteiger partial charge in [-0.25, -0.2) is 9.07 Å². The number of nitrogens with zero attached hydrogens (tertiary/aromatic N) is 4.